The van der Waals surface area contributed by atoms with Gasteiger partial charge < -0.3 is 15.6 Å². The Bertz CT molecular complexity index is 323. The third-order valence-corrected chi connectivity index (χ3v) is 1.75. The molecular weight excluding hydrogens is 182 g/mol. The van der Waals surface area contributed by atoms with Crippen LogP contribution in [0.4, 0.5) is 0 Å². The van der Waals surface area contributed by atoms with Gasteiger partial charge in [0.25, 0.3) is 0 Å². The molecule has 0 spiro atoms. The third kappa shape index (κ3) is 2.55. The summed E-state index contributed by atoms with van der Waals surface area (Å²) in [4.78, 5) is 11.0. The normalized spacial score (nSPS) is 12.2. The minimum absolute atomic E-state index is 0.287. The first-order chi connectivity index (χ1) is 6.65. The number of esters is 1. The molecule has 76 valence electrons. The van der Waals surface area contributed by atoms with Crippen LogP contribution in [0.15, 0.2) is 24.3 Å². The number of nitrogens with two attached hydrogens (primary N) is 1. The maximum Gasteiger partial charge on any atom is 0.310 e. The fourth-order valence-corrected chi connectivity index (χ4v) is 1.01. The van der Waals surface area contributed by atoms with Crippen molar-refractivity contribution < 1.29 is 14.6 Å². The van der Waals surface area contributed by atoms with Crippen LogP contribution >= 0.6 is 0 Å². The standard InChI is InChI=1S/C10H13NO3/c1-2-9(12)14-8-6-4-3-5-7(8)10(11)13/h3-6,10,13H,2,11H2,1H3. The van der Waals surface area contributed by atoms with E-state index in [-0.39, 0.29) is 12.4 Å². The molecule has 0 aliphatic carbocycles. The summed E-state index contributed by atoms with van der Waals surface area (Å²) in [5, 5.41) is 9.18. The highest BCUT2D eigenvalue weighted by Gasteiger charge is 2.10. The van der Waals surface area contributed by atoms with Crippen molar-refractivity contribution in [1.82, 2.24) is 0 Å². The number of aliphatic hydroxyl groups is 1. The van der Waals surface area contributed by atoms with Crippen molar-refractivity contribution in [3.05, 3.63) is 29.8 Å². The van der Waals surface area contributed by atoms with Gasteiger partial charge in [-0.2, -0.15) is 0 Å². The molecule has 3 N–H and O–H groups in total. The lowest BCUT2D eigenvalue weighted by Crippen LogP contribution is -2.13. The van der Waals surface area contributed by atoms with Crippen molar-refractivity contribution in [2.75, 3.05) is 0 Å². The average Bonchev–Trinajstić information content (AvgIpc) is 2.18. The second-order valence-electron chi connectivity index (χ2n) is 2.81. The Morgan fingerprint density at radius 2 is 2.21 bits per heavy atom. The van der Waals surface area contributed by atoms with Gasteiger partial charge in [0.2, 0.25) is 0 Å². The summed E-state index contributed by atoms with van der Waals surface area (Å²) in [6.07, 6.45) is -0.842. The summed E-state index contributed by atoms with van der Waals surface area (Å²) in [6.45, 7) is 1.70. The van der Waals surface area contributed by atoms with E-state index in [4.69, 9.17) is 10.5 Å². The number of benzene rings is 1. The summed E-state index contributed by atoms with van der Waals surface area (Å²) in [6, 6.07) is 6.64. The van der Waals surface area contributed by atoms with Crippen LogP contribution in [0.3, 0.4) is 0 Å². The molecule has 1 aromatic carbocycles. The first-order valence-corrected chi connectivity index (χ1v) is 4.38. The zero-order valence-electron chi connectivity index (χ0n) is 7.93. The Hall–Kier alpha value is -1.39. The highest BCUT2D eigenvalue weighted by molar-refractivity contribution is 5.72. The second kappa shape index (κ2) is 4.74. The van der Waals surface area contributed by atoms with Crippen LogP contribution < -0.4 is 10.5 Å². The highest BCUT2D eigenvalue weighted by atomic mass is 16.5. The van der Waals surface area contributed by atoms with Gasteiger partial charge in [0.1, 0.15) is 12.0 Å². The molecule has 0 fully saturated rings. The van der Waals surface area contributed by atoms with Crippen molar-refractivity contribution in [2.24, 2.45) is 5.73 Å². The van der Waals surface area contributed by atoms with Crippen molar-refractivity contribution in [3.63, 3.8) is 0 Å². The van der Waals surface area contributed by atoms with Gasteiger partial charge in [-0.25, -0.2) is 0 Å². The van der Waals surface area contributed by atoms with Gasteiger partial charge in [-0.15, -0.1) is 0 Å². The molecule has 1 atom stereocenters. The Kier molecular flexibility index (Phi) is 3.62. The molecular formula is C10H13NO3. The number of carbonyl (C=O) groups excluding carboxylic acids is 1. The first kappa shape index (κ1) is 10.7. The van der Waals surface area contributed by atoms with Gasteiger partial charge in [-0.05, 0) is 6.07 Å². The SMILES string of the molecule is CCC(=O)Oc1ccccc1C(N)O. The smallest absolute Gasteiger partial charge is 0.310 e. The van der Waals surface area contributed by atoms with Crippen molar-refractivity contribution in [1.29, 1.82) is 0 Å². The van der Waals surface area contributed by atoms with Crippen LogP contribution in [0.1, 0.15) is 25.1 Å². The van der Waals surface area contributed by atoms with E-state index in [1.54, 1.807) is 31.2 Å². The number of para-hydroxylation sites is 1. The van der Waals surface area contributed by atoms with Gasteiger partial charge in [0.05, 0.1) is 0 Å². The largest absolute Gasteiger partial charge is 0.426 e. The molecule has 1 unspecified atom stereocenters. The van der Waals surface area contributed by atoms with E-state index >= 15 is 0 Å². The Balaban J connectivity index is 2.90. The maximum atomic E-state index is 11.0. The summed E-state index contributed by atoms with van der Waals surface area (Å²) in [7, 11) is 0. The van der Waals surface area contributed by atoms with E-state index in [1.165, 1.54) is 0 Å². The van der Waals surface area contributed by atoms with Crippen LogP contribution in [0.25, 0.3) is 0 Å². The maximum absolute atomic E-state index is 11.0. The van der Waals surface area contributed by atoms with Crippen LogP contribution in [0.5, 0.6) is 5.75 Å². The molecule has 0 aromatic heterocycles. The van der Waals surface area contributed by atoms with E-state index in [9.17, 15) is 9.90 Å². The fourth-order valence-electron chi connectivity index (χ4n) is 1.01. The number of hydrogen-bond donors (Lipinski definition) is 2. The number of carbonyl (C=O) groups is 1. The van der Waals surface area contributed by atoms with Crippen LogP contribution in [-0.4, -0.2) is 11.1 Å². The van der Waals surface area contributed by atoms with E-state index < -0.39 is 6.23 Å². The minimum Gasteiger partial charge on any atom is -0.426 e. The van der Waals surface area contributed by atoms with E-state index in [0.29, 0.717) is 11.3 Å². The molecule has 0 saturated carbocycles. The second-order valence-corrected chi connectivity index (χ2v) is 2.81. The lowest BCUT2D eigenvalue weighted by Gasteiger charge is -2.10. The lowest BCUT2D eigenvalue weighted by atomic mass is 10.2. The molecule has 1 aromatic rings. The quantitative estimate of drug-likeness (QED) is 0.428. The molecule has 0 aliphatic heterocycles. The number of ether oxygens (including phenoxy) is 1. The highest BCUT2D eigenvalue weighted by Crippen LogP contribution is 2.22. The predicted molar refractivity (Wildman–Crippen MR) is 51.5 cm³/mol. The van der Waals surface area contributed by atoms with E-state index in [0.717, 1.165) is 0 Å². The molecule has 0 bridgehead atoms. The third-order valence-electron chi connectivity index (χ3n) is 1.75. The summed E-state index contributed by atoms with van der Waals surface area (Å²) in [5.41, 5.74) is 5.71. The zero-order chi connectivity index (χ0) is 10.6. The Morgan fingerprint density at radius 3 is 2.79 bits per heavy atom. The van der Waals surface area contributed by atoms with Gasteiger partial charge in [-0.1, -0.05) is 25.1 Å². The first-order valence-electron chi connectivity index (χ1n) is 4.38. The molecule has 14 heavy (non-hydrogen) atoms. The number of aliphatic hydroxyl groups excluding tert-OH is 1. The molecule has 0 saturated heterocycles. The molecule has 0 amide bonds. The topological polar surface area (TPSA) is 72.5 Å². The van der Waals surface area contributed by atoms with Crippen molar-refractivity contribution in [2.45, 2.75) is 19.6 Å². The molecule has 0 aliphatic rings. The monoisotopic (exact) mass is 195 g/mol. The van der Waals surface area contributed by atoms with Crippen molar-refractivity contribution in [3.8, 4) is 5.75 Å². The fraction of sp³-hybridized carbons (Fsp3) is 0.300. The molecule has 1 rings (SSSR count). The summed E-state index contributed by atoms with van der Waals surface area (Å²) < 4.78 is 4.98. The average molecular weight is 195 g/mol. The number of rotatable bonds is 3. The Morgan fingerprint density at radius 1 is 1.57 bits per heavy atom. The number of hydrogen-bond acceptors (Lipinski definition) is 4. The Labute approximate surface area is 82.3 Å². The van der Waals surface area contributed by atoms with Gasteiger partial charge in [0, 0.05) is 12.0 Å². The van der Waals surface area contributed by atoms with Gasteiger partial charge >= 0.3 is 5.97 Å². The van der Waals surface area contributed by atoms with E-state index in [2.05, 4.69) is 0 Å². The lowest BCUT2D eigenvalue weighted by molar-refractivity contribution is -0.134. The van der Waals surface area contributed by atoms with Crippen LogP contribution in [-0.2, 0) is 4.79 Å². The van der Waals surface area contributed by atoms with Gasteiger partial charge in [-0.3, -0.25) is 4.79 Å². The zero-order valence-corrected chi connectivity index (χ0v) is 7.93. The molecule has 0 radical (unpaired) electrons. The molecule has 0 heterocycles. The van der Waals surface area contributed by atoms with Gasteiger partial charge in [0.15, 0.2) is 0 Å². The molecule has 4 nitrogen and oxygen atoms in total. The van der Waals surface area contributed by atoms with E-state index in [1.807, 2.05) is 0 Å². The summed E-state index contributed by atoms with van der Waals surface area (Å²) >= 11 is 0. The van der Waals surface area contributed by atoms with Crippen LogP contribution in [0.2, 0.25) is 0 Å². The minimum atomic E-state index is -1.13. The summed E-state index contributed by atoms with van der Waals surface area (Å²) in [5.74, 6) is -0.0348. The van der Waals surface area contributed by atoms with Crippen molar-refractivity contribution >= 4 is 5.97 Å². The molecule has 4 heteroatoms. The van der Waals surface area contributed by atoms with Crippen LogP contribution in [0, 0.1) is 0 Å². The predicted octanol–water partition coefficient (Wildman–Crippen LogP) is 0.952.